The summed E-state index contributed by atoms with van der Waals surface area (Å²) < 4.78 is 0. The first-order valence-electron chi connectivity index (χ1n) is 6.32. The molecular weight excluding hydrogens is 218 g/mol. The Labute approximate surface area is 101 Å². The average Bonchev–Trinajstić information content (AvgIpc) is 2.79. The van der Waals surface area contributed by atoms with Crippen molar-refractivity contribution >= 4 is 11.3 Å². The SMILES string of the molecule is CC1(c2nnc(CNC3CC3)s2)CCCC1. The van der Waals surface area contributed by atoms with Crippen LogP contribution in [0.1, 0.15) is 55.5 Å². The van der Waals surface area contributed by atoms with Gasteiger partial charge in [-0.1, -0.05) is 31.1 Å². The van der Waals surface area contributed by atoms with E-state index in [0.717, 1.165) is 17.6 Å². The normalized spacial score (nSPS) is 23.8. The third kappa shape index (κ3) is 2.13. The van der Waals surface area contributed by atoms with E-state index in [-0.39, 0.29) is 0 Å². The van der Waals surface area contributed by atoms with Gasteiger partial charge in [-0.05, 0) is 25.7 Å². The van der Waals surface area contributed by atoms with Gasteiger partial charge in [-0.25, -0.2) is 0 Å². The fourth-order valence-electron chi connectivity index (χ4n) is 2.46. The first-order valence-corrected chi connectivity index (χ1v) is 7.14. The van der Waals surface area contributed by atoms with Crippen LogP contribution in [0.2, 0.25) is 0 Å². The molecule has 0 unspecified atom stereocenters. The molecule has 2 fully saturated rings. The minimum atomic E-state index is 0.329. The van der Waals surface area contributed by atoms with E-state index in [1.54, 1.807) is 0 Å². The van der Waals surface area contributed by atoms with Crippen LogP contribution in [0.5, 0.6) is 0 Å². The van der Waals surface area contributed by atoms with Crippen LogP contribution >= 0.6 is 11.3 Å². The standard InChI is InChI=1S/C12H19N3S/c1-12(6-2-3-7-12)11-15-14-10(16-11)8-13-9-4-5-9/h9,13H,2-8H2,1H3. The second-order valence-electron chi connectivity index (χ2n) is 5.42. The Morgan fingerprint density at radius 1 is 1.31 bits per heavy atom. The molecule has 3 rings (SSSR count). The minimum Gasteiger partial charge on any atom is -0.308 e. The van der Waals surface area contributed by atoms with Crippen LogP contribution in [0.3, 0.4) is 0 Å². The van der Waals surface area contributed by atoms with Gasteiger partial charge >= 0.3 is 0 Å². The Morgan fingerprint density at radius 3 is 2.75 bits per heavy atom. The van der Waals surface area contributed by atoms with Gasteiger partial charge < -0.3 is 5.32 Å². The molecule has 0 spiro atoms. The van der Waals surface area contributed by atoms with Crippen LogP contribution in [0.15, 0.2) is 0 Å². The molecule has 1 aromatic rings. The minimum absolute atomic E-state index is 0.329. The number of rotatable bonds is 4. The van der Waals surface area contributed by atoms with Gasteiger partial charge in [-0.3, -0.25) is 0 Å². The molecule has 0 aromatic carbocycles. The number of nitrogens with one attached hydrogen (secondary N) is 1. The number of hydrogen-bond donors (Lipinski definition) is 1. The molecule has 0 bridgehead atoms. The number of hydrogen-bond acceptors (Lipinski definition) is 4. The van der Waals surface area contributed by atoms with Gasteiger partial charge in [0.1, 0.15) is 10.0 Å². The van der Waals surface area contributed by atoms with E-state index in [4.69, 9.17) is 0 Å². The summed E-state index contributed by atoms with van der Waals surface area (Å²) in [6, 6.07) is 0.759. The van der Waals surface area contributed by atoms with Gasteiger partial charge in [-0.2, -0.15) is 0 Å². The first-order chi connectivity index (χ1) is 7.76. The lowest BCUT2D eigenvalue weighted by molar-refractivity contribution is 0.483. The monoisotopic (exact) mass is 237 g/mol. The predicted molar refractivity (Wildman–Crippen MR) is 65.6 cm³/mol. The maximum atomic E-state index is 4.40. The van der Waals surface area contributed by atoms with Gasteiger partial charge in [0.2, 0.25) is 0 Å². The van der Waals surface area contributed by atoms with Crippen molar-refractivity contribution < 1.29 is 0 Å². The van der Waals surface area contributed by atoms with Gasteiger partial charge in [0, 0.05) is 18.0 Å². The van der Waals surface area contributed by atoms with Crippen LogP contribution < -0.4 is 5.32 Å². The van der Waals surface area contributed by atoms with E-state index in [1.807, 2.05) is 11.3 Å². The van der Waals surface area contributed by atoms with Crippen molar-refractivity contribution in [1.82, 2.24) is 15.5 Å². The van der Waals surface area contributed by atoms with E-state index in [0.29, 0.717) is 5.41 Å². The smallest absolute Gasteiger partial charge is 0.131 e. The van der Waals surface area contributed by atoms with Crippen molar-refractivity contribution in [2.45, 2.75) is 63.5 Å². The van der Waals surface area contributed by atoms with E-state index < -0.39 is 0 Å². The Kier molecular flexibility index (Phi) is 2.72. The molecule has 0 radical (unpaired) electrons. The maximum Gasteiger partial charge on any atom is 0.131 e. The van der Waals surface area contributed by atoms with Gasteiger partial charge in [0.05, 0.1) is 0 Å². The Hall–Kier alpha value is -0.480. The fraction of sp³-hybridized carbons (Fsp3) is 0.833. The molecule has 1 N–H and O–H groups in total. The van der Waals surface area contributed by atoms with Crippen LogP contribution in [-0.4, -0.2) is 16.2 Å². The summed E-state index contributed by atoms with van der Waals surface area (Å²) in [5.41, 5.74) is 0.329. The Bertz CT molecular complexity index is 364. The topological polar surface area (TPSA) is 37.8 Å². The first kappa shape index (κ1) is 10.7. The Balaban J connectivity index is 1.66. The van der Waals surface area contributed by atoms with Crippen molar-refractivity contribution in [2.75, 3.05) is 0 Å². The van der Waals surface area contributed by atoms with E-state index >= 15 is 0 Å². The maximum absolute atomic E-state index is 4.40. The van der Waals surface area contributed by atoms with Crippen molar-refractivity contribution in [2.24, 2.45) is 0 Å². The van der Waals surface area contributed by atoms with Gasteiger partial charge in [0.25, 0.3) is 0 Å². The Morgan fingerprint density at radius 2 is 2.06 bits per heavy atom. The van der Waals surface area contributed by atoms with Crippen LogP contribution in [0.4, 0.5) is 0 Å². The summed E-state index contributed by atoms with van der Waals surface area (Å²) in [6.45, 7) is 3.26. The third-order valence-corrected chi connectivity index (χ3v) is 5.04. The highest BCUT2D eigenvalue weighted by Crippen LogP contribution is 2.41. The molecule has 2 aliphatic rings. The molecule has 0 amide bonds. The van der Waals surface area contributed by atoms with E-state index in [2.05, 4.69) is 22.4 Å². The van der Waals surface area contributed by atoms with Crippen molar-refractivity contribution in [1.29, 1.82) is 0 Å². The second kappa shape index (κ2) is 4.08. The second-order valence-corrected chi connectivity index (χ2v) is 6.49. The molecule has 88 valence electrons. The summed E-state index contributed by atoms with van der Waals surface area (Å²) in [4.78, 5) is 0. The fourth-order valence-corrected chi connectivity index (χ4v) is 3.45. The quantitative estimate of drug-likeness (QED) is 0.874. The molecule has 0 saturated heterocycles. The lowest BCUT2D eigenvalue weighted by Gasteiger charge is -2.18. The van der Waals surface area contributed by atoms with Crippen LogP contribution in [0, 0.1) is 0 Å². The average molecular weight is 237 g/mol. The van der Waals surface area contributed by atoms with Crippen molar-refractivity contribution in [3.8, 4) is 0 Å². The largest absolute Gasteiger partial charge is 0.308 e. The van der Waals surface area contributed by atoms with Crippen LogP contribution in [0.25, 0.3) is 0 Å². The highest BCUT2D eigenvalue weighted by atomic mass is 32.1. The summed E-state index contributed by atoms with van der Waals surface area (Å²) in [5, 5.41) is 14.6. The molecule has 0 atom stereocenters. The molecule has 0 aliphatic heterocycles. The zero-order valence-corrected chi connectivity index (χ0v) is 10.6. The zero-order valence-electron chi connectivity index (χ0n) is 9.83. The van der Waals surface area contributed by atoms with Crippen molar-refractivity contribution in [3.63, 3.8) is 0 Å². The summed E-state index contributed by atoms with van der Waals surface area (Å²) >= 11 is 1.81. The van der Waals surface area contributed by atoms with Gasteiger partial charge in [0.15, 0.2) is 0 Å². The summed E-state index contributed by atoms with van der Waals surface area (Å²) in [7, 11) is 0. The highest BCUT2D eigenvalue weighted by molar-refractivity contribution is 7.11. The summed E-state index contributed by atoms with van der Waals surface area (Å²) in [5.74, 6) is 0. The lowest BCUT2D eigenvalue weighted by Crippen LogP contribution is -2.16. The molecule has 16 heavy (non-hydrogen) atoms. The number of nitrogens with zero attached hydrogens (tertiary/aromatic N) is 2. The highest BCUT2D eigenvalue weighted by Gasteiger charge is 2.34. The molecular formula is C12H19N3S. The molecule has 2 saturated carbocycles. The molecule has 4 heteroatoms. The van der Waals surface area contributed by atoms with Gasteiger partial charge in [-0.15, -0.1) is 10.2 Å². The molecule has 1 heterocycles. The van der Waals surface area contributed by atoms with E-state index in [1.165, 1.54) is 43.5 Å². The number of aromatic nitrogens is 2. The van der Waals surface area contributed by atoms with Crippen LogP contribution in [-0.2, 0) is 12.0 Å². The lowest BCUT2D eigenvalue weighted by atomic mass is 9.90. The zero-order chi connectivity index (χ0) is 11.0. The molecule has 2 aliphatic carbocycles. The summed E-state index contributed by atoms with van der Waals surface area (Å²) in [6.07, 6.45) is 7.96. The third-order valence-electron chi connectivity index (χ3n) is 3.81. The van der Waals surface area contributed by atoms with E-state index in [9.17, 15) is 0 Å². The molecule has 1 aromatic heterocycles. The van der Waals surface area contributed by atoms with Crippen molar-refractivity contribution in [3.05, 3.63) is 10.0 Å². The molecule has 3 nitrogen and oxygen atoms in total. The predicted octanol–water partition coefficient (Wildman–Crippen LogP) is 2.62.